The van der Waals surface area contributed by atoms with E-state index in [4.69, 9.17) is 14.2 Å². The molecule has 1 saturated carbocycles. The molecule has 0 amide bonds. The van der Waals surface area contributed by atoms with Gasteiger partial charge in [0.25, 0.3) is 0 Å². The van der Waals surface area contributed by atoms with Gasteiger partial charge in [-0.1, -0.05) is 79.9 Å². The highest BCUT2D eigenvalue weighted by Gasteiger charge is 2.46. The maximum absolute atomic E-state index is 13.2. The first kappa shape index (κ1) is 30.6. The Morgan fingerprint density at radius 3 is 2.24 bits per heavy atom. The van der Waals surface area contributed by atoms with Crippen LogP contribution in [-0.2, 0) is 19.0 Å². The monoisotopic (exact) mass is 520 g/mol. The number of allylic oxidation sites excluding steroid dienone is 1. The summed E-state index contributed by atoms with van der Waals surface area (Å²) in [5.74, 6) is 1.75. The third-order valence-electron chi connectivity index (χ3n) is 9.49. The fourth-order valence-corrected chi connectivity index (χ4v) is 7.12. The third-order valence-corrected chi connectivity index (χ3v) is 9.49. The SMILES string of the molecule is CCC(CC)(OC(=O)C1CC(OCC2C=CC(C(CC(C)(C)C)C(C)C)CC2)OC1O)C1CCCCC1. The van der Waals surface area contributed by atoms with Crippen LogP contribution < -0.4 is 0 Å². The molecule has 1 heterocycles. The lowest BCUT2D eigenvalue weighted by molar-refractivity contribution is -0.202. The first-order valence-corrected chi connectivity index (χ1v) is 15.3. The third kappa shape index (κ3) is 8.29. The maximum Gasteiger partial charge on any atom is 0.314 e. The van der Waals surface area contributed by atoms with Gasteiger partial charge in [0, 0.05) is 12.3 Å². The van der Waals surface area contributed by atoms with Crippen LogP contribution in [0.2, 0.25) is 0 Å². The van der Waals surface area contributed by atoms with E-state index in [1.165, 1.54) is 32.1 Å². The summed E-state index contributed by atoms with van der Waals surface area (Å²) in [6, 6.07) is 0. The van der Waals surface area contributed by atoms with Crippen LogP contribution in [0.25, 0.3) is 0 Å². The summed E-state index contributed by atoms with van der Waals surface area (Å²) in [5.41, 5.74) is -0.0914. The molecule has 0 aromatic rings. The molecule has 6 atom stereocenters. The number of rotatable bonds is 11. The normalized spacial score (nSPS) is 30.6. The fraction of sp³-hybridized carbons (Fsp3) is 0.906. The molecule has 5 heteroatoms. The maximum atomic E-state index is 13.2. The molecule has 6 unspecified atom stereocenters. The summed E-state index contributed by atoms with van der Waals surface area (Å²) in [7, 11) is 0. The number of carbonyl (C=O) groups excluding carboxylic acids is 1. The number of carbonyl (C=O) groups is 1. The number of hydrogen-bond acceptors (Lipinski definition) is 5. The topological polar surface area (TPSA) is 65.0 Å². The van der Waals surface area contributed by atoms with E-state index in [-0.39, 0.29) is 5.97 Å². The van der Waals surface area contributed by atoms with Gasteiger partial charge < -0.3 is 19.3 Å². The zero-order chi connectivity index (χ0) is 27.2. The zero-order valence-electron chi connectivity index (χ0n) is 24.8. The van der Waals surface area contributed by atoms with Gasteiger partial charge in [0.05, 0.1) is 6.61 Å². The van der Waals surface area contributed by atoms with Crippen molar-refractivity contribution in [1.82, 2.24) is 0 Å². The average Bonchev–Trinajstić information content (AvgIpc) is 3.25. The highest BCUT2D eigenvalue weighted by molar-refractivity contribution is 5.73. The van der Waals surface area contributed by atoms with Crippen LogP contribution in [0, 0.1) is 40.9 Å². The number of hydrogen-bond donors (Lipinski definition) is 1. The first-order chi connectivity index (χ1) is 17.5. The minimum atomic E-state index is -1.16. The molecule has 1 saturated heterocycles. The van der Waals surface area contributed by atoms with Crippen LogP contribution in [0.15, 0.2) is 12.2 Å². The van der Waals surface area contributed by atoms with Crippen molar-refractivity contribution in [1.29, 1.82) is 0 Å². The van der Waals surface area contributed by atoms with Crippen molar-refractivity contribution >= 4 is 5.97 Å². The summed E-state index contributed by atoms with van der Waals surface area (Å²) in [6.45, 7) is 16.5. The lowest BCUT2D eigenvalue weighted by Crippen LogP contribution is -2.44. The fourth-order valence-electron chi connectivity index (χ4n) is 7.12. The van der Waals surface area contributed by atoms with Gasteiger partial charge in [-0.2, -0.15) is 0 Å². The van der Waals surface area contributed by atoms with E-state index in [9.17, 15) is 9.90 Å². The van der Waals surface area contributed by atoms with Gasteiger partial charge in [-0.05, 0) is 74.0 Å². The van der Waals surface area contributed by atoms with E-state index in [0.717, 1.165) is 32.1 Å². The average molecular weight is 521 g/mol. The minimum Gasteiger partial charge on any atom is -0.458 e. The zero-order valence-corrected chi connectivity index (χ0v) is 24.8. The van der Waals surface area contributed by atoms with Crippen molar-refractivity contribution in [2.45, 2.75) is 137 Å². The number of aliphatic hydroxyl groups is 1. The standard InChI is InChI=1S/C32H56O5/c1-8-32(9-2,25-13-11-10-12-14-25)37-30(34)26-19-28(36-29(26)33)35-21-23-15-17-24(18-16-23)27(22(3)4)20-31(5,6)7/h15,17,22-29,33H,8-14,16,18-21H2,1-7H3. The Kier molecular flexibility index (Phi) is 11.1. The van der Waals surface area contributed by atoms with E-state index in [1.807, 2.05) is 0 Å². The van der Waals surface area contributed by atoms with Gasteiger partial charge in [0.2, 0.25) is 0 Å². The Bertz CT molecular complexity index is 728. The molecule has 0 radical (unpaired) electrons. The molecule has 3 rings (SSSR count). The summed E-state index contributed by atoms with van der Waals surface area (Å²) < 4.78 is 18.0. The Labute approximate surface area is 227 Å². The largest absolute Gasteiger partial charge is 0.458 e. The Morgan fingerprint density at radius 2 is 1.70 bits per heavy atom. The quantitative estimate of drug-likeness (QED) is 0.224. The molecular weight excluding hydrogens is 464 g/mol. The first-order valence-electron chi connectivity index (χ1n) is 15.3. The van der Waals surface area contributed by atoms with Crippen LogP contribution in [0.4, 0.5) is 0 Å². The Balaban J connectivity index is 1.50. The summed E-state index contributed by atoms with van der Waals surface area (Å²) in [4.78, 5) is 13.2. The van der Waals surface area contributed by atoms with Gasteiger partial charge in [-0.25, -0.2) is 0 Å². The smallest absolute Gasteiger partial charge is 0.314 e. The molecule has 0 aromatic carbocycles. The molecule has 3 aliphatic rings. The van der Waals surface area contributed by atoms with Crippen LogP contribution in [0.3, 0.4) is 0 Å². The van der Waals surface area contributed by atoms with Crippen molar-refractivity contribution in [3.05, 3.63) is 12.2 Å². The molecule has 1 N–H and O–H groups in total. The molecule has 2 aliphatic carbocycles. The summed E-state index contributed by atoms with van der Waals surface area (Å²) in [5, 5.41) is 10.5. The molecule has 37 heavy (non-hydrogen) atoms. The summed E-state index contributed by atoms with van der Waals surface area (Å²) >= 11 is 0. The van der Waals surface area contributed by atoms with Crippen molar-refractivity contribution in [2.75, 3.05) is 6.61 Å². The number of esters is 1. The van der Waals surface area contributed by atoms with Gasteiger partial charge in [0.1, 0.15) is 11.5 Å². The van der Waals surface area contributed by atoms with Crippen molar-refractivity contribution in [2.24, 2.45) is 40.9 Å². The van der Waals surface area contributed by atoms with Crippen LogP contribution in [0.5, 0.6) is 0 Å². The van der Waals surface area contributed by atoms with E-state index in [1.54, 1.807) is 0 Å². The Hall–Kier alpha value is -0.910. The predicted octanol–water partition coefficient (Wildman–Crippen LogP) is 7.66. The molecule has 1 aliphatic heterocycles. The number of aliphatic hydroxyl groups excluding tert-OH is 1. The number of ether oxygens (including phenoxy) is 3. The lowest BCUT2D eigenvalue weighted by Gasteiger charge is -2.41. The van der Waals surface area contributed by atoms with Crippen LogP contribution in [-0.4, -0.2) is 35.9 Å². The molecule has 0 aromatic heterocycles. The molecule has 0 bridgehead atoms. The van der Waals surface area contributed by atoms with Gasteiger partial charge in [-0.15, -0.1) is 0 Å². The second kappa shape index (κ2) is 13.4. The van der Waals surface area contributed by atoms with Crippen molar-refractivity contribution < 1.29 is 24.1 Å². The van der Waals surface area contributed by atoms with Crippen molar-refractivity contribution in [3.8, 4) is 0 Å². The van der Waals surface area contributed by atoms with E-state index in [0.29, 0.717) is 48.0 Å². The van der Waals surface area contributed by atoms with Gasteiger partial charge in [0.15, 0.2) is 12.6 Å². The second-order valence-corrected chi connectivity index (χ2v) is 13.7. The minimum absolute atomic E-state index is 0.327. The highest BCUT2D eigenvalue weighted by atomic mass is 16.7. The Morgan fingerprint density at radius 1 is 1.03 bits per heavy atom. The molecule has 0 spiro atoms. The molecular formula is C32H56O5. The van der Waals surface area contributed by atoms with Gasteiger partial charge in [-0.3, -0.25) is 4.79 Å². The molecule has 214 valence electrons. The second-order valence-electron chi connectivity index (χ2n) is 13.7. The predicted molar refractivity (Wildman–Crippen MR) is 149 cm³/mol. The van der Waals surface area contributed by atoms with Crippen LogP contribution in [0.1, 0.15) is 119 Å². The van der Waals surface area contributed by atoms with E-state index < -0.39 is 24.1 Å². The van der Waals surface area contributed by atoms with E-state index in [2.05, 4.69) is 60.6 Å². The van der Waals surface area contributed by atoms with Crippen LogP contribution >= 0.6 is 0 Å². The van der Waals surface area contributed by atoms with Crippen molar-refractivity contribution in [3.63, 3.8) is 0 Å². The molecule has 5 nitrogen and oxygen atoms in total. The highest BCUT2D eigenvalue weighted by Crippen LogP contribution is 2.42. The van der Waals surface area contributed by atoms with Gasteiger partial charge >= 0.3 is 5.97 Å². The molecule has 2 fully saturated rings. The van der Waals surface area contributed by atoms with E-state index >= 15 is 0 Å². The summed E-state index contributed by atoms with van der Waals surface area (Å²) in [6.07, 6.45) is 14.5. The lowest BCUT2D eigenvalue weighted by atomic mass is 9.70.